The average molecular weight is 278 g/mol. The lowest BCUT2D eigenvalue weighted by Crippen LogP contribution is -2.48. The van der Waals surface area contributed by atoms with Gasteiger partial charge in [-0.2, -0.15) is 17.4 Å². The maximum Gasteiger partial charge on any atom is 0.322 e. The summed E-state index contributed by atoms with van der Waals surface area (Å²) in [6.07, 6.45) is 2.80. The van der Waals surface area contributed by atoms with Crippen LogP contribution in [-0.4, -0.2) is 42.9 Å². The summed E-state index contributed by atoms with van der Waals surface area (Å²) < 4.78 is 27.5. The summed E-state index contributed by atoms with van der Waals surface area (Å²) in [6.45, 7) is 7.92. The van der Waals surface area contributed by atoms with Gasteiger partial charge in [0, 0.05) is 13.1 Å². The third-order valence-electron chi connectivity index (χ3n) is 2.28. The lowest BCUT2D eigenvalue weighted by molar-refractivity contribution is -0.138. The maximum atomic E-state index is 12.0. The summed E-state index contributed by atoms with van der Waals surface area (Å²) in [5.41, 5.74) is 0. The molecule has 7 heteroatoms. The molecule has 0 aliphatic carbocycles. The van der Waals surface area contributed by atoms with Crippen molar-refractivity contribution in [3.63, 3.8) is 0 Å². The number of carboxylic acids is 1. The number of nitrogens with one attached hydrogen (secondary N) is 1. The van der Waals surface area contributed by atoms with Crippen molar-refractivity contribution >= 4 is 16.2 Å². The first kappa shape index (κ1) is 17.1. The Balaban J connectivity index is 4.86. The van der Waals surface area contributed by atoms with E-state index >= 15 is 0 Å². The van der Waals surface area contributed by atoms with E-state index < -0.39 is 22.2 Å². The number of hydrogen-bond acceptors (Lipinski definition) is 3. The zero-order valence-corrected chi connectivity index (χ0v) is 11.7. The smallest absolute Gasteiger partial charge is 0.322 e. The fraction of sp³-hybridized carbons (Fsp3) is 0.727. The van der Waals surface area contributed by atoms with Gasteiger partial charge in [-0.25, -0.2) is 0 Å². The lowest BCUT2D eigenvalue weighted by atomic mass is 10.2. The van der Waals surface area contributed by atoms with Gasteiger partial charge in [0.25, 0.3) is 10.2 Å². The zero-order valence-electron chi connectivity index (χ0n) is 10.9. The van der Waals surface area contributed by atoms with Gasteiger partial charge in [-0.05, 0) is 19.3 Å². The van der Waals surface area contributed by atoms with Crippen molar-refractivity contribution in [3.05, 3.63) is 12.7 Å². The topological polar surface area (TPSA) is 86.7 Å². The molecule has 6 nitrogen and oxygen atoms in total. The molecule has 0 aliphatic rings. The summed E-state index contributed by atoms with van der Waals surface area (Å²) in [6, 6.07) is -1.16. The molecule has 0 rings (SSSR count). The molecule has 18 heavy (non-hydrogen) atoms. The molecule has 106 valence electrons. The molecule has 0 aromatic heterocycles. The largest absolute Gasteiger partial charge is 0.480 e. The van der Waals surface area contributed by atoms with Crippen LogP contribution in [0.25, 0.3) is 0 Å². The second kappa shape index (κ2) is 8.23. The fourth-order valence-corrected chi connectivity index (χ4v) is 3.02. The van der Waals surface area contributed by atoms with Crippen molar-refractivity contribution in [1.82, 2.24) is 9.03 Å². The van der Waals surface area contributed by atoms with E-state index in [0.717, 1.165) is 0 Å². The predicted octanol–water partition coefficient (Wildman–Crippen LogP) is 0.972. The van der Waals surface area contributed by atoms with Gasteiger partial charge in [0.1, 0.15) is 6.04 Å². The van der Waals surface area contributed by atoms with Gasteiger partial charge < -0.3 is 5.11 Å². The van der Waals surface area contributed by atoms with Crippen LogP contribution in [0.3, 0.4) is 0 Å². The standard InChI is InChI=1S/C11H22N2O4S/c1-4-7-10(11(14)15)12-18(16,17)13(8-5-2)9-6-3/h4,10,12H,1,5-9H2,2-3H3,(H,14,15). The monoisotopic (exact) mass is 278 g/mol. The second-order valence-corrected chi connectivity index (χ2v) is 5.64. The Bertz CT molecular complexity index is 361. The van der Waals surface area contributed by atoms with Gasteiger partial charge >= 0.3 is 5.97 Å². The molecule has 1 atom stereocenters. The molecule has 2 N–H and O–H groups in total. The highest BCUT2D eigenvalue weighted by Crippen LogP contribution is 2.05. The van der Waals surface area contributed by atoms with E-state index in [0.29, 0.717) is 25.9 Å². The molecule has 0 aromatic rings. The molecule has 0 spiro atoms. The highest BCUT2D eigenvalue weighted by molar-refractivity contribution is 7.87. The van der Waals surface area contributed by atoms with Crippen LogP contribution in [0.1, 0.15) is 33.1 Å². The van der Waals surface area contributed by atoms with Crippen molar-refractivity contribution in [3.8, 4) is 0 Å². The van der Waals surface area contributed by atoms with E-state index in [1.807, 2.05) is 13.8 Å². The molecular formula is C11H22N2O4S. The minimum absolute atomic E-state index is 0.0562. The molecule has 0 bridgehead atoms. The molecule has 0 saturated heterocycles. The average Bonchev–Trinajstić information content (AvgIpc) is 2.28. The first-order valence-electron chi connectivity index (χ1n) is 6.00. The van der Waals surface area contributed by atoms with E-state index in [9.17, 15) is 13.2 Å². The van der Waals surface area contributed by atoms with Crippen molar-refractivity contribution in [2.45, 2.75) is 39.2 Å². The second-order valence-electron chi connectivity index (χ2n) is 3.94. The summed E-state index contributed by atoms with van der Waals surface area (Å²) in [5, 5.41) is 8.92. The number of nitrogens with zero attached hydrogens (tertiary/aromatic N) is 1. The molecule has 0 aromatic carbocycles. The number of hydrogen-bond donors (Lipinski definition) is 2. The van der Waals surface area contributed by atoms with Crippen LogP contribution in [-0.2, 0) is 15.0 Å². The Morgan fingerprint density at radius 3 is 2.22 bits per heavy atom. The van der Waals surface area contributed by atoms with E-state index in [1.54, 1.807) is 0 Å². The third kappa shape index (κ3) is 5.61. The number of carbonyl (C=O) groups is 1. The number of aliphatic carboxylic acids is 1. The molecule has 1 unspecified atom stereocenters. The van der Waals surface area contributed by atoms with Crippen LogP contribution in [0.5, 0.6) is 0 Å². The van der Waals surface area contributed by atoms with Gasteiger partial charge in [-0.15, -0.1) is 6.58 Å². The van der Waals surface area contributed by atoms with E-state index in [2.05, 4.69) is 11.3 Å². The molecule has 0 saturated carbocycles. The van der Waals surface area contributed by atoms with Crippen LogP contribution in [0.2, 0.25) is 0 Å². The highest BCUT2D eigenvalue weighted by atomic mass is 32.2. The summed E-state index contributed by atoms with van der Waals surface area (Å²) >= 11 is 0. The van der Waals surface area contributed by atoms with Gasteiger partial charge in [0.05, 0.1) is 0 Å². The van der Waals surface area contributed by atoms with Crippen molar-refractivity contribution in [1.29, 1.82) is 0 Å². The first-order chi connectivity index (χ1) is 8.38. The van der Waals surface area contributed by atoms with E-state index in [4.69, 9.17) is 5.11 Å². The Kier molecular flexibility index (Phi) is 7.81. The minimum Gasteiger partial charge on any atom is -0.480 e. The molecule has 0 aliphatic heterocycles. The Morgan fingerprint density at radius 1 is 1.39 bits per heavy atom. The Labute approximate surface area is 109 Å². The summed E-state index contributed by atoms with van der Waals surface area (Å²) in [7, 11) is -3.76. The summed E-state index contributed by atoms with van der Waals surface area (Å²) in [4.78, 5) is 10.9. The fourth-order valence-electron chi connectivity index (χ4n) is 1.47. The Morgan fingerprint density at radius 2 is 1.89 bits per heavy atom. The minimum atomic E-state index is -3.76. The van der Waals surface area contributed by atoms with Crippen LogP contribution in [0, 0.1) is 0 Å². The van der Waals surface area contributed by atoms with E-state index in [-0.39, 0.29) is 6.42 Å². The lowest BCUT2D eigenvalue weighted by Gasteiger charge is -2.23. The highest BCUT2D eigenvalue weighted by Gasteiger charge is 2.27. The van der Waals surface area contributed by atoms with Crippen LogP contribution < -0.4 is 4.72 Å². The quantitative estimate of drug-likeness (QED) is 0.583. The maximum absolute atomic E-state index is 12.0. The first-order valence-corrected chi connectivity index (χ1v) is 7.44. The normalized spacial score (nSPS) is 13.5. The van der Waals surface area contributed by atoms with Gasteiger partial charge in [0.15, 0.2) is 0 Å². The molecular weight excluding hydrogens is 256 g/mol. The molecule has 0 radical (unpaired) electrons. The molecule has 0 heterocycles. The molecule has 0 amide bonds. The predicted molar refractivity (Wildman–Crippen MR) is 70.4 cm³/mol. The van der Waals surface area contributed by atoms with Crippen LogP contribution in [0.4, 0.5) is 0 Å². The number of carboxylic acid groups (broad SMARTS) is 1. The third-order valence-corrected chi connectivity index (χ3v) is 3.90. The van der Waals surface area contributed by atoms with Crippen molar-refractivity contribution in [2.75, 3.05) is 13.1 Å². The summed E-state index contributed by atoms with van der Waals surface area (Å²) in [5.74, 6) is -1.20. The van der Waals surface area contributed by atoms with E-state index in [1.165, 1.54) is 10.4 Å². The zero-order chi connectivity index (χ0) is 14.2. The van der Waals surface area contributed by atoms with Gasteiger partial charge in [0.2, 0.25) is 0 Å². The Hall–Kier alpha value is -0.920. The van der Waals surface area contributed by atoms with Crippen molar-refractivity contribution in [2.24, 2.45) is 0 Å². The SMILES string of the molecule is C=CCC(NS(=O)(=O)N(CCC)CCC)C(=O)O. The van der Waals surface area contributed by atoms with Crippen molar-refractivity contribution < 1.29 is 18.3 Å². The molecule has 0 fully saturated rings. The number of rotatable bonds is 10. The van der Waals surface area contributed by atoms with Crippen LogP contribution in [0.15, 0.2) is 12.7 Å². The van der Waals surface area contributed by atoms with Gasteiger partial charge in [-0.3, -0.25) is 4.79 Å². The van der Waals surface area contributed by atoms with Crippen LogP contribution >= 0.6 is 0 Å². The van der Waals surface area contributed by atoms with Gasteiger partial charge in [-0.1, -0.05) is 19.9 Å².